The van der Waals surface area contributed by atoms with E-state index in [4.69, 9.17) is 10.2 Å². The van der Waals surface area contributed by atoms with Crippen LogP contribution in [0.4, 0.5) is 10.5 Å². The number of benzene rings is 1. The fraction of sp³-hybridized carbons (Fsp3) is 0.333. The first-order valence-electron chi connectivity index (χ1n) is 5.51. The first-order valence-corrected chi connectivity index (χ1v) is 5.51. The Morgan fingerprint density at radius 2 is 1.89 bits per heavy atom. The third-order valence-electron chi connectivity index (χ3n) is 2.30. The number of nitrogens with one attached hydrogen (secondary N) is 2. The summed E-state index contributed by atoms with van der Waals surface area (Å²) in [5, 5.41) is 22.5. The number of carbonyl (C=O) groups is 2. The van der Waals surface area contributed by atoms with Gasteiger partial charge in [-0.15, -0.1) is 0 Å². The zero-order chi connectivity index (χ0) is 13.5. The van der Waals surface area contributed by atoms with Gasteiger partial charge in [0.25, 0.3) is 0 Å². The van der Waals surface area contributed by atoms with Crippen molar-refractivity contribution in [1.82, 2.24) is 5.32 Å². The second-order valence-electron chi connectivity index (χ2n) is 3.89. The lowest BCUT2D eigenvalue weighted by molar-refractivity contribution is -0.146. The Kier molecular flexibility index (Phi) is 5.13. The van der Waals surface area contributed by atoms with Crippen molar-refractivity contribution in [2.24, 2.45) is 0 Å². The number of hydrogen-bond donors (Lipinski definition) is 4. The average Bonchev–Trinajstić information content (AvgIpc) is 2.32. The van der Waals surface area contributed by atoms with E-state index in [9.17, 15) is 9.59 Å². The molecule has 6 heteroatoms. The van der Waals surface area contributed by atoms with Crippen LogP contribution in [0.3, 0.4) is 0 Å². The van der Waals surface area contributed by atoms with E-state index in [0.29, 0.717) is 5.69 Å². The molecule has 1 aromatic carbocycles. The lowest BCUT2D eigenvalue weighted by atomic mass is 10.2. The van der Waals surface area contributed by atoms with Gasteiger partial charge >= 0.3 is 12.0 Å². The first kappa shape index (κ1) is 14.0. The number of carboxylic acid groups (broad SMARTS) is 1. The zero-order valence-electron chi connectivity index (χ0n) is 10.0. The van der Waals surface area contributed by atoms with Crippen molar-refractivity contribution in [2.75, 3.05) is 11.9 Å². The summed E-state index contributed by atoms with van der Waals surface area (Å²) in [5.41, 5.74) is 1.74. The topological polar surface area (TPSA) is 98.7 Å². The van der Waals surface area contributed by atoms with E-state index in [0.717, 1.165) is 5.56 Å². The highest BCUT2D eigenvalue weighted by molar-refractivity contribution is 5.89. The van der Waals surface area contributed by atoms with Gasteiger partial charge < -0.3 is 20.8 Å². The van der Waals surface area contributed by atoms with Gasteiger partial charge in [-0.25, -0.2) is 9.59 Å². The molecule has 6 nitrogen and oxygen atoms in total. The summed E-state index contributed by atoms with van der Waals surface area (Å²) in [6.07, 6.45) is -1.49. The molecule has 0 radical (unpaired) electrons. The Hall–Kier alpha value is -2.08. The number of aryl methyl sites for hydroxylation is 1. The van der Waals surface area contributed by atoms with E-state index in [1.807, 2.05) is 19.1 Å². The summed E-state index contributed by atoms with van der Waals surface area (Å²) in [6.45, 7) is 2.03. The maximum atomic E-state index is 11.4. The first-order chi connectivity index (χ1) is 8.49. The molecule has 18 heavy (non-hydrogen) atoms. The molecule has 0 saturated heterocycles. The van der Waals surface area contributed by atoms with Gasteiger partial charge in [0.1, 0.15) is 0 Å². The smallest absolute Gasteiger partial charge is 0.332 e. The van der Waals surface area contributed by atoms with Gasteiger partial charge in [-0.2, -0.15) is 0 Å². The number of anilines is 1. The third kappa shape index (κ3) is 4.84. The molecule has 0 aliphatic heterocycles. The summed E-state index contributed by atoms with van der Waals surface area (Å²) in [5.74, 6) is -1.30. The second kappa shape index (κ2) is 6.61. The third-order valence-corrected chi connectivity index (χ3v) is 2.30. The average molecular weight is 252 g/mol. The van der Waals surface area contributed by atoms with Gasteiger partial charge in [-0.05, 0) is 19.1 Å². The van der Waals surface area contributed by atoms with Gasteiger partial charge in [0, 0.05) is 18.7 Å². The number of aliphatic hydroxyl groups excluding tert-OH is 1. The molecular weight excluding hydrogens is 236 g/mol. The fourth-order valence-electron chi connectivity index (χ4n) is 1.26. The standard InChI is InChI=1S/C12H16N2O4/c1-8-2-4-9(5-3-8)14-12(18)13-7-6-10(15)11(16)17/h2-5,10,15H,6-7H2,1H3,(H,16,17)(H2,13,14,18)/t10-/m0/s1. The Morgan fingerprint density at radius 3 is 2.44 bits per heavy atom. The molecule has 2 amide bonds. The quantitative estimate of drug-likeness (QED) is 0.627. The number of urea groups is 1. The molecule has 0 bridgehead atoms. The van der Waals surface area contributed by atoms with Crippen LogP contribution in [0.2, 0.25) is 0 Å². The van der Waals surface area contributed by atoms with Gasteiger partial charge in [-0.3, -0.25) is 0 Å². The summed E-state index contributed by atoms with van der Waals surface area (Å²) < 4.78 is 0. The van der Waals surface area contributed by atoms with Gasteiger partial charge in [0.05, 0.1) is 0 Å². The van der Waals surface area contributed by atoms with Crippen LogP contribution < -0.4 is 10.6 Å². The van der Waals surface area contributed by atoms with Crippen molar-refractivity contribution in [3.8, 4) is 0 Å². The summed E-state index contributed by atoms with van der Waals surface area (Å²) in [7, 11) is 0. The molecule has 0 aliphatic rings. The van der Waals surface area contributed by atoms with Crippen LogP contribution in [-0.2, 0) is 4.79 Å². The summed E-state index contributed by atoms with van der Waals surface area (Å²) in [6, 6.07) is 6.83. The lowest BCUT2D eigenvalue weighted by Crippen LogP contribution is -2.33. The second-order valence-corrected chi connectivity index (χ2v) is 3.89. The maximum Gasteiger partial charge on any atom is 0.332 e. The molecule has 1 atom stereocenters. The molecular formula is C12H16N2O4. The van der Waals surface area contributed by atoms with Crippen molar-refractivity contribution < 1.29 is 19.8 Å². The van der Waals surface area contributed by atoms with E-state index in [1.165, 1.54) is 0 Å². The SMILES string of the molecule is Cc1ccc(NC(=O)NCC[C@H](O)C(=O)O)cc1. The zero-order valence-corrected chi connectivity index (χ0v) is 10.0. The number of aliphatic hydroxyl groups is 1. The number of carboxylic acids is 1. The largest absolute Gasteiger partial charge is 0.479 e. The number of carbonyl (C=O) groups excluding carboxylic acids is 1. The predicted molar refractivity (Wildman–Crippen MR) is 66.5 cm³/mol. The van der Waals surface area contributed by atoms with Crippen LogP contribution in [-0.4, -0.2) is 34.9 Å². The molecule has 0 aromatic heterocycles. The van der Waals surface area contributed by atoms with E-state index in [1.54, 1.807) is 12.1 Å². The van der Waals surface area contributed by atoms with E-state index >= 15 is 0 Å². The number of rotatable bonds is 5. The monoisotopic (exact) mass is 252 g/mol. The van der Waals surface area contributed by atoms with Crippen LogP contribution in [0.15, 0.2) is 24.3 Å². The van der Waals surface area contributed by atoms with Crippen LogP contribution in [0.25, 0.3) is 0 Å². The molecule has 0 saturated carbocycles. The molecule has 1 aromatic rings. The van der Waals surface area contributed by atoms with Gasteiger partial charge in [0.15, 0.2) is 6.10 Å². The minimum Gasteiger partial charge on any atom is -0.479 e. The number of hydrogen-bond acceptors (Lipinski definition) is 3. The molecule has 98 valence electrons. The normalized spacial score (nSPS) is 11.7. The van der Waals surface area contributed by atoms with Crippen molar-refractivity contribution in [1.29, 1.82) is 0 Å². The van der Waals surface area contributed by atoms with Crippen LogP contribution in [0.1, 0.15) is 12.0 Å². The van der Waals surface area contributed by atoms with Gasteiger partial charge in [0.2, 0.25) is 0 Å². The highest BCUT2D eigenvalue weighted by Gasteiger charge is 2.12. The Balaban J connectivity index is 2.30. The molecule has 0 unspecified atom stereocenters. The molecule has 0 fully saturated rings. The minimum atomic E-state index is -1.45. The summed E-state index contributed by atoms with van der Waals surface area (Å²) in [4.78, 5) is 21.7. The predicted octanol–water partition coefficient (Wildman–Crippen LogP) is 0.952. The Labute approximate surface area is 105 Å². The van der Waals surface area contributed by atoms with E-state index in [-0.39, 0.29) is 13.0 Å². The minimum absolute atomic E-state index is 0.0311. The van der Waals surface area contributed by atoms with Crippen LogP contribution >= 0.6 is 0 Å². The van der Waals surface area contributed by atoms with Gasteiger partial charge in [-0.1, -0.05) is 17.7 Å². The Bertz CT molecular complexity index is 417. The van der Waals surface area contributed by atoms with Crippen LogP contribution in [0, 0.1) is 6.92 Å². The number of amides is 2. The van der Waals surface area contributed by atoms with Crippen LogP contribution in [0.5, 0.6) is 0 Å². The van der Waals surface area contributed by atoms with Crippen molar-refractivity contribution in [3.63, 3.8) is 0 Å². The molecule has 4 N–H and O–H groups in total. The summed E-state index contributed by atoms with van der Waals surface area (Å²) >= 11 is 0. The molecule has 0 aliphatic carbocycles. The maximum absolute atomic E-state index is 11.4. The number of aliphatic carboxylic acids is 1. The highest BCUT2D eigenvalue weighted by Crippen LogP contribution is 2.07. The molecule has 0 heterocycles. The molecule has 0 spiro atoms. The van der Waals surface area contributed by atoms with Crippen molar-refractivity contribution in [2.45, 2.75) is 19.4 Å². The van der Waals surface area contributed by atoms with Crippen molar-refractivity contribution >= 4 is 17.7 Å². The highest BCUT2D eigenvalue weighted by atomic mass is 16.4. The van der Waals surface area contributed by atoms with E-state index < -0.39 is 18.1 Å². The fourth-order valence-corrected chi connectivity index (χ4v) is 1.26. The van der Waals surface area contributed by atoms with Crippen molar-refractivity contribution in [3.05, 3.63) is 29.8 Å². The lowest BCUT2D eigenvalue weighted by Gasteiger charge is -2.09. The molecule has 1 rings (SSSR count). The van der Waals surface area contributed by atoms with E-state index in [2.05, 4.69) is 10.6 Å². The Morgan fingerprint density at radius 1 is 1.28 bits per heavy atom.